The van der Waals surface area contributed by atoms with Crippen molar-refractivity contribution in [3.8, 4) is 0 Å². The van der Waals surface area contributed by atoms with E-state index in [9.17, 15) is 22.8 Å². The number of hydrogen-bond donors (Lipinski definition) is 2. The smallest absolute Gasteiger partial charge is 0.398 e. The van der Waals surface area contributed by atoms with Crippen molar-refractivity contribution in [2.45, 2.75) is 13.1 Å². The van der Waals surface area contributed by atoms with Crippen LogP contribution in [-0.2, 0) is 6.18 Å². The summed E-state index contributed by atoms with van der Waals surface area (Å²) in [6, 6.07) is 8.47. The quantitative estimate of drug-likeness (QED) is 0.750. The molecule has 1 aliphatic heterocycles. The SMILES string of the molecule is Cc1cccc(C(=O)N2CCN(C(=O)c3cccc(C(F)(F)F)c3N)CC2)c1N. The van der Waals surface area contributed by atoms with Crippen molar-refractivity contribution in [3.63, 3.8) is 0 Å². The molecule has 9 heteroatoms. The molecule has 0 aliphatic carbocycles. The van der Waals surface area contributed by atoms with Crippen molar-refractivity contribution < 1.29 is 22.8 Å². The monoisotopic (exact) mass is 406 g/mol. The molecule has 2 amide bonds. The van der Waals surface area contributed by atoms with Crippen LogP contribution in [0.3, 0.4) is 0 Å². The zero-order valence-corrected chi connectivity index (χ0v) is 15.8. The summed E-state index contributed by atoms with van der Waals surface area (Å²) < 4.78 is 39.1. The first kappa shape index (κ1) is 20.5. The Morgan fingerprint density at radius 2 is 1.28 bits per heavy atom. The molecule has 1 aliphatic rings. The minimum Gasteiger partial charge on any atom is -0.398 e. The first-order chi connectivity index (χ1) is 13.6. The van der Waals surface area contributed by atoms with Gasteiger partial charge in [-0.1, -0.05) is 18.2 Å². The Labute approximate surface area is 165 Å². The molecule has 1 saturated heterocycles. The molecule has 2 aromatic carbocycles. The summed E-state index contributed by atoms with van der Waals surface area (Å²) in [6.45, 7) is 2.67. The fourth-order valence-electron chi connectivity index (χ4n) is 3.32. The van der Waals surface area contributed by atoms with E-state index in [1.807, 2.05) is 13.0 Å². The number of benzene rings is 2. The van der Waals surface area contributed by atoms with Gasteiger partial charge in [0.2, 0.25) is 0 Å². The maximum Gasteiger partial charge on any atom is 0.418 e. The van der Waals surface area contributed by atoms with Crippen molar-refractivity contribution in [2.75, 3.05) is 37.6 Å². The standard InChI is InChI=1S/C20H21F3N4O2/c1-12-4-2-5-13(16(12)24)18(28)26-8-10-27(11-9-26)19(29)14-6-3-7-15(17(14)25)20(21,22)23/h2-7H,8-11,24-25H2,1H3. The van der Waals surface area contributed by atoms with E-state index < -0.39 is 23.3 Å². The van der Waals surface area contributed by atoms with Gasteiger partial charge in [0.15, 0.2) is 0 Å². The number of aryl methyl sites for hydroxylation is 1. The van der Waals surface area contributed by atoms with E-state index in [0.29, 0.717) is 11.3 Å². The summed E-state index contributed by atoms with van der Waals surface area (Å²) >= 11 is 0. The fraction of sp³-hybridized carbons (Fsp3) is 0.300. The second-order valence-corrected chi connectivity index (χ2v) is 6.89. The third-order valence-corrected chi connectivity index (χ3v) is 5.05. The van der Waals surface area contributed by atoms with Crippen molar-refractivity contribution in [2.24, 2.45) is 0 Å². The van der Waals surface area contributed by atoms with Crippen LogP contribution >= 0.6 is 0 Å². The highest BCUT2D eigenvalue weighted by atomic mass is 19.4. The fourth-order valence-corrected chi connectivity index (χ4v) is 3.32. The van der Waals surface area contributed by atoms with Crippen LogP contribution in [0, 0.1) is 6.92 Å². The number of piperazine rings is 1. The molecule has 0 unspecified atom stereocenters. The van der Waals surface area contributed by atoms with Gasteiger partial charge in [-0.05, 0) is 30.7 Å². The Morgan fingerprint density at radius 1 is 0.828 bits per heavy atom. The summed E-state index contributed by atoms with van der Waals surface area (Å²) in [5, 5.41) is 0. The summed E-state index contributed by atoms with van der Waals surface area (Å²) in [5.41, 5.74) is 11.4. The number of carbonyl (C=O) groups is 2. The van der Waals surface area contributed by atoms with Crippen LogP contribution < -0.4 is 11.5 Å². The summed E-state index contributed by atoms with van der Waals surface area (Å²) in [5.74, 6) is -0.826. The molecule has 1 heterocycles. The van der Waals surface area contributed by atoms with E-state index in [1.54, 1.807) is 17.0 Å². The molecule has 6 nitrogen and oxygen atoms in total. The van der Waals surface area contributed by atoms with Gasteiger partial charge in [-0.25, -0.2) is 0 Å². The van der Waals surface area contributed by atoms with Crippen molar-refractivity contribution in [1.29, 1.82) is 0 Å². The average molecular weight is 406 g/mol. The summed E-state index contributed by atoms with van der Waals surface area (Å²) in [4.78, 5) is 28.4. The van der Waals surface area contributed by atoms with Crippen LogP contribution in [0.15, 0.2) is 36.4 Å². The lowest BCUT2D eigenvalue weighted by Gasteiger charge is -2.35. The molecule has 1 fully saturated rings. The van der Waals surface area contributed by atoms with E-state index in [0.717, 1.165) is 17.7 Å². The predicted molar refractivity (Wildman–Crippen MR) is 103 cm³/mol. The van der Waals surface area contributed by atoms with E-state index in [-0.39, 0.29) is 37.6 Å². The van der Waals surface area contributed by atoms with Crippen molar-refractivity contribution in [3.05, 3.63) is 58.7 Å². The minimum absolute atomic E-state index is 0.186. The third-order valence-electron chi connectivity index (χ3n) is 5.05. The maximum absolute atomic E-state index is 13.0. The lowest BCUT2D eigenvalue weighted by molar-refractivity contribution is -0.136. The lowest BCUT2D eigenvalue weighted by atomic mass is 10.0. The van der Waals surface area contributed by atoms with Gasteiger partial charge < -0.3 is 21.3 Å². The molecule has 4 N–H and O–H groups in total. The number of rotatable bonds is 2. The molecular weight excluding hydrogens is 385 g/mol. The molecule has 29 heavy (non-hydrogen) atoms. The summed E-state index contributed by atoms with van der Waals surface area (Å²) in [7, 11) is 0. The molecule has 0 radical (unpaired) electrons. The minimum atomic E-state index is -4.64. The normalized spacial score (nSPS) is 14.8. The number of alkyl halides is 3. The van der Waals surface area contributed by atoms with Gasteiger partial charge in [0.05, 0.1) is 22.4 Å². The zero-order valence-electron chi connectivity index (χ0n) is 15.8. The highest BCUT2D eigenvalue weighted by Crippen LogP contribution is 2.35. The van der Waals surface area contributed by atoms with E-state index in [1.165, 1.54) is 11.0 Å². The number of anilines is 2. The van der Waals surface area contributed by atoms with E-state index >= 15 is 0 Å². The second kappa shape index (κ2) is 7.65. The van der Waals surface area contributed by atoms with Gasteiger partial charge in [-0.2, -0.15) is 13.2 Å². The number of amides is 2. The van der Waals surface area contributed by atoms with Crippen LogP contribution in [0.2, 0.25) is 0 Å². The van der Waals surface area contributed by atoms with Gasteiger partial charge in [0.25, 0.3) is 11.8 Å². The summed E-state index contributed by atoms with van der Waals surface area (Å²) in [6.07, 6.45) is -4.64. The zero-order chi connectivity index (χ0) is 21.3. The Morgan fingerprint density at radius 3 is 1.76 bits per heavy atom. The lowest BCUT2D eigenvalue weighted by Crippen LogP contribution is -2.50. The molecule has 3 rings (SSSR count). The molecule has 2 aromatic rings. The van der Waals surface area contributed by atoms with E-state index in [4.69, 9.17) is 11.5 Å². The van der Waals surface area contributed by atoms with Crippen LogP contribution in [0.25, 0.3) is 0 Å². The van der Waals surface area contributed by atoms with Crippen molar-refractivity contribution >= 4 is 23.2 Å². The second-order valence-electron chi connectivity index (χ2n) is 6.89. The number of nitrogen functional groups attached to an aromatic ring is 2. The van der Waals surface area contributed by atoms with Crippen molar-refractivity contribution in [1.82, 2.24) is 9.80 Å². The molecule has 154 valence electrons. The Bertz CT molecular complexity index is 951. The predicted octanol–water partition coefficient (Wildman–Crippen LogP) is 2.78. The third kappa shape index (κ3) is 3.98. The highest BCUT2D eigenvalue weighted by Gasteiger charge is 2.35. The molecule has 0 bridgehead atoms. The van der Waals surface area contributed by atoms with Gasteiger partial charge >= 0.3 is 6.18 Å². The average Bonchev–Trinajstić information content (AvgIpc) is 2.68. The van der Waals surface area contributed by atoms with Crippen LogP contribution in [0.1, 0.15) is 31.8 Å². The van der Waals surface area contributed by atoms with Crippen LogP contribution in [-0.4, -0.2) is 47.8 Å². The first-order valence-electron chi connectivity index (χ1n) is 9.00. The number of para-hydroxylation sites is 2. The number of hydrogen-bond acceptors (Lipinski definition) is 4. The maximum atomic E-state index is 13.0. The molecule has 0 saturated carbocycles. The largest absolute Gasteiger partial charge is 0.418 e. The number of nitrogens with zero attached hydrogens (tertiary/aromatic N) is 2. The van der Waals surface area contributed by atoms with Gasteiger partial charge in [0.1, 0.15) is 0 Å². The van der Waals surface area contributed by atoms with Crippen LogP contribution in [0.5, 0.6) is 0 Å². The Hall–Kier alpha value is -3.23. The molecule has 0 spiro atoms. The first-order valence-corrected chi connectivity index (χ1v) is 9.00. The highest BCUT2D eigenvalue weighted by molar-refractivity contribution is 6.01. The number of carbonyl (C=O) groups excluding carboxylic acids is 2. The Balaban J connectivity index is 1.72. The van der Waals surface area contributed by atoms with E-state index in [2.05, 4.69) is 0 Å². The molecular formula is C20H21F3N4O2. The number of nitrogens with two attached hydrogens (primary N) is 2. The van der Waals surface area contributed by atoms with Crippen LogP contribution in [0.4, 0.5) is 24.5 Å². The molecule has 0 aromatic heterocycles. The Kier molecular flexibility index (Phi) is 5.41. The van der Waals surface area contributed by atoms with Gasteiger partial charge in [-0.15, -0.1) is 0 Å². The van der Waals surface area contributed by atoms with Gasteiger partial charge in [0, 0.05) is 31.9 Å². The van der Waals surface area contributed by atoms with Gasteiger partial charge in [-0.3, -0.25) is 9.59 Å². The number of halogens is 3. The topological polar surface area (TPSA) is 92.7 Å². The molecule has 0 atom stereocenters.